The minimum absolute atomic E-state index is 0.107. The Morgan fingerprint density at radius 3 is 2.73 bits per heavy atom. The summed E-state index contributed by atoms with van der Waals surface area (Å²) >= 11 is 7.34. The zero-order chi connectivity index (χ0) is 18.7. The lowest BCUT2D eigenvalue weighted by atomic mass is 10.2. The number of aliphatic imine (C=N–C) groups is 1. The molecule has 1 heterocycles. The number of aromatic hydroxyl groups is 1. The lowest BCUT2D eigenvalue weighted by Gasteiger charge is -2.08. The van der Waals surface area contributed by atoms with E-state index in [0.29, 0.717) is 22.2 Å². The molecule has 0 atom stereocenters. The molecule has 1 amide bonds. The van der Waals surface area contributed by atoms with E-state index in [2.05, 4.69) is 4.99 Å². The molecule has 2 aromatic rings. The highest BCUT2D eigenvalue weighted by Gasteiger charge is 2.30. The van der Waals surface area contributed by atoms with Gasteiger partial charge in [-0.25, -0.2) is 4.99 Å². The molecule has 1 aliphatic rings. The van der Waals surface area contributed by atoms with E-state index in [1.165, 1.54) is 16.7 Å². The first-order valence-electron chi connectivity index (χ1n) is 7.96. The fourth-order valence-corrected chi connectivity index (χ4v) is 3.56. The summed E-state index contributed by atoms with van der Waals surface area (Å²) in [5, 5.41) is 10.7. The summed E-state index contributed by atoms with van der Waals surface area (Å²) in [6.45, 7) is 2.21. The number of likely N-dealkylation sites (N-methyl/N-ethyl adjacent to an activating group) is 1. The number of thioether (sulfide) groups is 1. The van der Waals surface area contributed by atoms with E-state index >= 15 is 0 Å². The normalized spacial score (nSPS) is 17.3. The van der Waals surface area contributed by atoms with Crippen LogP contribution in [0.5, 0.6) is 11.5 Å². The van der Waals surface area contributed by atoms with Gasteiger partial charge in [0.1, 0.15) is 0 Å². The second-order valence-electron chi connectivity index (χ2n) is 5.49. The third-order valence-corrected chi connectivity index (χ3v) is 4.98. The van der Waals surface area contributed by atoms with E-state index < -0.39 is 0 Å². The van der Waals surface area contributed by atoms with Crippen LogP contribution in [-0.2, 0) is 4.79 Å². The van der Waals surface area contributed by atoms with Gasteiger partial charge in [-0.1, -0.05) is 29.8 Å². The number of rotatable bonds is 4. The lowest BCUT2D eigenvalue weighted by molar-refractivity contribution is -0.121. The largest absolute Gasteiger partial charge is 0.503 e. The van der Waals surface area contributed by atoms with Gasteiger partial charge in [-0.3, -0.25) is 9.69 Å². The van der Waals surface area contributed by atoms with Gasteiger partial charge in [0.2, 0.25) is 0 Å². The number of para-hydroxylation sites is 1. The maximum atomic E-state index is 12.5. The number of hydrogen-bond donors (Lipinski definition) is 1. The van der Waals surface area contributed by atoms with Gasteiger partial charge in [0, 0.05) is 7.05 Å². The van der Waals surface area contributed by atoms with Crippen LogP contribution in [0.2, 0.25) is 5.02 Å². The quantitative estimate of drug-likeness (QED) is 0.772. The van der Waals surface area contributed by atoms with Gasteiger partial charge in [-0.05, 0) is 54.6 Å². The third-order valence-electron chi connectivity index (χ3n) is 3.63. The number of halogens is 1. The Hall–Kier alpha value is -2.44. The van der Waals surface area contributed by atoms with Crippen LogP contribution in [0.25, 0.3) is 6.08 Å². The molecule has 2 aromatic carbocycles. The summed E-state index contributed by atoms with van der Waals surface area (Å²) in [5.74, 6) is 0.0326. The molecule has 3 rings (SSSR count). The van der Waals surface area contributed by atoms with Crippen molar-refractivity contribution in [2.24, 2.45) is 4.99 Å². The van der Waals surface area contributed by atoms with E-state index in [9.17, 15) is 9.90 Å². The third kappa shape index (κ3) is 3.86. The van der Waals surface area contributed by atoms with Crippen molar-refractivity contribution in [2.75, 3.05) is 13.7 Å². The highest BCUT2D eigenvalue weighted by molar-refractivity contribution is 8.18. The van der Waals surface area contributed by atoms with E-state index in [1.807, 2.05) is 37.3 Å². The van der Waals surface area contributed by atoms with Gasteiger partial charge in [0.05, 0.1) is 22.2 Å². The molecule has 26 heavy (non-hydrogen) atoms. The molecule has 0 spiro atoms. The number of phenols is 1. The number of amidine groups is 1. The number of amides is 1. The molecule has 0 radical (unpaired) electrons. The van der Waals surface area contributed by atoms with Crippen LogP contribution in [0.3, 0.4) is 0 Å². The van der Waals surface area contributed by atoms with Crippen molar-refractivity contribution < 1.29 is 14.6 Å². The molecule has 5 nitrogen and oxygen atoms in total. The van der Waals surface area contributed by atoms with Crippen LogP contribution in [0.4, 0.5) is 5.69 Å². The monoisotopic (exact) mass is 388 g/mol. The van der Waals surface area contributed by atoms with Crippen molar-refractivity contribution in [3.8, 4) is 11.5 Å². The van der Waals surface area contributed by atoms with Gasteiger partial charge in [0.25, 0.3) is 5.91 Å². The standard InChI is InChI=1S/C19H17ClN2O3S/c1-3-25-15-10-12(9-14(20)17(15)23)11-16-18(24)22(2)19(26-16)21-13-7-5-4-6-8-13/h4-11,23H,3H2,1-2H3. The van der Waals surface area contributed by atoms with Gasteiger partial charge >= 0.3 is 0 Å². The van der Waals surface area contributed by atoms with E-state index in [0.717, 1.165) is 5.69 Å². The molecule has 0 saturated carbocycles. The summed E-state index contributed by atoms with van der Waals surface area (Å²) < 4.78 is 5.38. The number of nitrogens with zero attached hydrogens (tertiary/aromatic N) is 2. The van der Waals surface area contributed by atoms with E-state index in [-0.39, 0.29) is 22.4 Å². The number of hydrogen-bond acceptors (Lipinski definition) is 5. The highest BCUT2D eigenvalue weighted by Crippen LogP contribution is 2.38. The molecule has 0 aliphatic carbocycles. The van der Waals surface area contributed by atoms with Gasteiger partial charge in [0.15, 0.2) is 16.7 Å². The average molecular weight is 389 g/mol. The fourth-order valence-electron chi connectivity index (χ4n) is 2.36. The van der Waals surface area contributed by atoms with Crippen molar-refractivity contribution in [2.45, 2.75) is 6.92 Å². The smallest absolute Gasteiger partial charge is 0.266 e. The molecule has 1 saturated heterocycles. The van der Waals surface area contributed by atoms with Crippen LogP contribution < -0.4 is 4.74 Å². The Morgan fingerprint density at radius 2 is 2.04 bits per heavy atom. The Kier molecular flexibility index (Phi) is 5.54. The van der Waals surface area contributed by atoms with Crippen LogP contribution in [-0.4, -0.2) is 34.7 Å². The highest BCUT2D eigenvalue weighted by atomic mass is 35.5. The number of phenolic OH excluding ortho intramolecular Hbond substituents is 1. The second kappa shape index (κ2) is 7.85. The van der Waals surface area contributed by atoms with Crippen LogP contribution in [0.15, 0.2) is 52.4 Å². The molecule has 1 aliphatic heterocycles. The molecular weight excluding hydrogens is 372 g/mol. The number of carbonyl (C=O) groups is 1. The predicted molar refractivity (Wildman–Crippen MR) is 106 cm³/mol. The van der Waals surface area contributed by atoms with Gasteiger partial charge in [-0.2, -0.15) is 0 Å². The molecule has 1 fully saturated rings. The van der Waals surface area contributed by atoms with Crippen molar-refractivity contribution in [1.29, 1.82) is 0 Å². The SMILES string of the molecule is CCOc1cc(C=C2SC(=Nc3ccccc3)N(C)C2=O)cc(Cl)c1O. The van der Waals surface area contributed by atoms with E-state index in [4.69, 9.17) is 16.3 Å². The first kappa shape index (κ1) is 18.4. The van der Waals surface area contributed by atoms with Crippen molar-refractivity contribution >= 4 is 46.2 Å². The zero-order valence-electron chi connectivity index (χ0n) is 14.3. The first-order chi connectivity index (χ1) is 12.5. The molecule has 7 heteroatoms. The second-order valence-corrected chi connectivity index (χ2v) is 6.90. The average Bonchev–Trinajstić information content (AvgIpc) is 2.88. The Balaban J connectivity index is 1.92. The van der Waals surface area contributed by atoms with Crippen LogP contribution in [0.1, 0.15) is 12.5 Å². The zero-order valence-corrected chi connectivity index (χ0v) is 15.8. The number of benzene rings is 2. The van der Waals surface area contributed by atoms with Crippen molar-refractivity contribution in [3.63, 3.8) is 0 Å². The summed E-state index contributed by atoms with van der Waals surface area (Å²) in [7, 11) is 1.69. The van der Waals surface area contributed by atoms with Gasteiger partial charge < -0.3 is 9.84 Å². The fraction of sp³-hybridized carbons (Fsp3) is 0.158. The Bertz CT molecular complexity index is 897. The molecule has 0 aromatic heterocycles. The van der Waals surface area contributed by atoms with E-state index in [1.54, 1.807) is 25.3 Å². The Morgan fingerprint density at radius 1 is 1.31 bits per heavy atom. The minimum atomic E-state index is -0.146. The number of ether oxygens (including phenoxy) is 1. The molecule has 1 N–H and O–H groups in total. The molecule has 0 bridgehead atoms. The lowest BCUT2D eigenvalue weighted by Crippen LogP contribution is -2.23. The topological polar surface area (TPSA) is 62.1 Å². The van der Waals surface area contributed by atoms with Crippen molar-refractivity contribution in [3.05, 3.63) is 58.0 Å². The van der Waals surface area contributed by atoms with Gasteiger partial charge in [-0.15, -0.1) is 0 Å². The first-order valence-corrected chi connectivity index (χ1v) is 9.15. The van der Waals surface area contributed by atoms with Crippen LogP contribution in [0, 0.1) is 0 Å². The number of carbonyl (C=O) groups excluding carboxylic acids is 1. The maximum Gasteiger partial charge on any atom is 0.266 e. The molecule has 0 unspecified atom stereocenters. The Labute approximate surface area is 160 Å². The maximum absolute atomic E-state index is 12.5. The summed E-state index contributed by atoms with van der Waals surface area (Å²) in [6.07, 6.45) is 1.71. The minimum Gasteiger partial charge on any atom is -0.503 e. The molecular formula is C19H17ClN2O3S. The van der Waals surface area contributed by atoms with Crippen LogP contribution >= 0.6 is 23.4 Å². The summed E-state index contributed by atoms with van der Waals surface area (Å²) in [4.78, 5) is 19.1. The molecule has 134 valence electrons. The summed E-state index contributed by atoms with van der Waals surface area (Å²) in [5.41, 5.74) is 1.45. The van der Waals surface area contributed by atoms with Crippen molar-refractivity contribution in [1.82, 2.24) is 4.90 Å². The predicted octanol–water partition coefficient (Wildman–Crippen LogP) is 4.68. The summed E-state index contributed by atoms with van der Waals surface area (Å²) in [6, 6.07) is 12.7.